The molecule has 0 aliphatic carbocycles. The molecule has 0 spiro atoms. The van der Waals surface area contributed by atoms with E-state index in [0.717, 1.165) is 7.05 Å². The molecule has 0 aromatic heterocycles. The highest BCUT2D eigenvalue weighted by Crippen LogP contribution is 2.14. The fourth-order valence-electron chi connectivity index (χ4n) is 1.06. The standard InChI is InChI=1S/C9H11F2NO2S/c1-12(7-9(10)11)15(13,14)8-5-3-2-4-6-8/h2-6,9H,7H2,1H3. The number of hydrogen-bond acceptors (Lipinski definition) is 2. The zero-order valence-electron chi connectivity index (χ0n) is 8.10. The van der Waals surface area contributed by atoms with E-state index in [4.69, 9.17) is 0 Å². The van der Waals surface area contributed by atoms with E-state index in [9.17, 15) is 17.2 Å². The molecular formula is C9H11F2NO2S. The largest absolute Gasteiger partial charge is 0.252 e. The maximum atomic E-state index is 12.0. The zero-order chi connectivity index (χ0) is 11.5. The Bertz CT molecular complexity index is 405. The minimum atomic E-state index is -3.78. The molecule has 0 aliphatic rings. The number of rotatable bonds is 4. The van der Waals surface area contributed by atoms with Crippen LogP contribution < -0.4 is 0 Å². The summed E-state index contributed by atoms with van der Waals surface area (Å²) in [6, 6.07) is 7.49. The van der Waals surface area contributed by atoms with E-state index in [0.29, 0.717) is 4.31 Å². The van der Waals surface area contributed by atoms with Crippen LogP contribution in [0.3, 0.4) is 0 Å². The normalized spacial score (nSPS) is 12.3. The van der Waals surface area contributed by atoms with E-state index in [1.807, 2.05) is 0 Å². The highest BCUT2D eigenvalue weighted by molar-refractivity contribution is 7.89. The molecule has 0 bridgehead atoms. The molecule has 0 saturated heterocycles. The van der Waals surface area contributed by atoms with Crippen LogP contribution in [-0.2, 0) is 10.0 Å². The molecule has 0 radical (unpaired) electrons. The SMILES string of the molecule is CN(CC(F)F)S(=O)(=O)c1ccccc1. The fraction of sp³-hybridized carbons (Fsp3) is 0.333. The number of halogens is 2. The molecule has 3 nitrogen and oxygen atoms in total. The van der Waals surface area contributed by atoms with Crippen molar-refractivity contribution in [3.05, 3.63) is 30.3 Å². The summed E-state index contributed by atoms with van der Waals surface area (Å²) in [5, 5.41) is 0. The third-order valence-electron chi connectivity index (χ3n) is 1.85. The third-order valence-corrected chi connectivity index (χ3v) is 3.68. The van der Waals surface area contributed by atoms with Crippen molar-refractivity contribution < 1.29 is 17.2 Å². The van der Waals surface area contributed by atoms with Crippen molar-refractivity contribution in [3.8, 4) is 0 Å². The van der Waals surface area contributed by atoms with Gasteiger partial charge in [-0.05, 0) is 12.1 Å². The molecular weight excluding hydrogens is 224 g/mol. The van der Waals surface area contributed by atoms with Crippen molar-refractivity contribution >= 4 is 10.0 Å². The Hall–Kier alpha value is -1.01. The second kappa shape index (κ2) is 4.67. The summed E-state index contributed by atoms with van der Waals surface area (Å²) in [6.45, 7) is -0.794. The van der Waals surface area contributed by atoms with Crippen LogP contribution >= 0.6 is 0 Å². The summed E-state index contributed by atoms with van der Waals surface area (Å²) in [4.78, 5) is 0.0214. The maximum Gasteiger partial charge on any atom is 0.252 e. The molecule has 0 amide bonds. The van der Waals surface area contributed by atoms with Gasteiger partial charge in [0, 0.05) is 7.05 Å². The molecule has 0 fully saturated rings. The molecule has 1 rings (SSSR count). The minimum absolute atomic E-state index is 0.0214. The predicted molar refractivity (Wildman–Crippen MR) is 52.3 cm³/mol. The van der Waals surface area contributed by atoms with Gasteiger partial charge in [0.25, 0.3) is 6.43 Å². The number of sulfonamides is 1. The highest BCUT2D eigenvalue weighted by Gasteiger charge is 2.22. The lowest BCUT2D eigenvalue weighted by Crippen LogP contribution is -2.31. The van der Waals surface area contributed by atoms with E-state index in [1.165, 1.54) is 12.1 Å². The summed E-state index contributed by atoms with van der Waals surface area (Å²) in [7, 11) is -2.65. The van der Waals surface area contributed by atoms with Gasteiger partial charge < -0.3 is 0 Å². The Kier molecular flexibility index (Phi) is 3.76. The highest BCUT2D eigenvalue weighted by atomic mass is 32.2. The number of nitrogens with zero attached hydrogens (tertiary/aromatic N) is 1. The fourth-order valence-corrected chi connectivity index (χ4v) is 2.23. The van der Waals surface area contributed by atoms with Gasteiger partial charge in [0.05, 0.1) is 11.4 Å². The van der Waals surface area contributed by atoms with E-state index < -0.39 is 23.0 Å². The van der Waals surface area contributed by atoms with Crippen molar-refractivity contribution in [2.24, 2.45) is 0 Å². The zero-order valence-corrected chi connectivity index (χ0v) is 8.92. The van der Waals surface area contributed by atoms with Gasteiger partial charge in [-0.1, -0.05) is 18.2 Å². The Morgan fingerprint density at radius 3 is 2.27 bits per heavy atom. The summed E-state index contributed by atoms with van der Waals surface area (Å²) in [5.74, 6) is 0. The number of benzene rings is 1. The van der Waals surface area contributed by atoms with Gasteiger partial charge >= 0.3 is 0 Å². The topological polar surface area (TPSA) is 37.4 Å². The summed E-state index contributed by atoms with van der Waals surface area (Å²) >= 11 is 0. The van der Waals surface area contributed by atoms with E-state index in [1.54, 1.807) is 18.2 Å². The monoisotopic (exact) mass is 235 g/mol. The van der Waals surface area contributed by atoms with Gasteiger partial charge in [-0.25, -0.2) is 17.2 Å². The van der Waals surface area contributed by atoms with Crippen LogP contribution in [0.5, 0.6) is 0 Å². The van der Waals surface area contributed by atoms with E-state index >= 15 is 0 Å². The first-order valence-corrected chi connectivity index (χ1v) is 5.68. The van der Waals surface area contributed by atoms with E-state index in [2.05, 4.69) is 0 Å². The lowest BCUT2D eigenvalue weighted by Gasteiger charge is -2.16. The van der Waals surface area contributed by atoms with Crippen LogP contribution in [0.4, 0.5) is 8.78 Å². The van der Waals surface area contributed by atoms with Crippen molar-refractivity contribution in [1.29, 1.82) is 0 Å². The van der Waals surface area contributed by atoms with Crippen LogP contribution in [0, 0.1) is 0 Å². The average molecular weight is 235 g/mol. The molecule has 0 heterocycles. The second-order valence-corrected chi connectivity index (χ2v) is 5.03. The van der Waals surface area contributed by atoms with Crippen LogP contribution in [0.15, 0.2) is 35.2 Å². The van der Waals surface area contributed by atoms with Crippen molar-refractivity contribution in [2.45, 2.75) is 11.3 Å². The maximum absolute atomic E-state index is 12.0. The van der Waals surface area contributed by atoms with Crippen LogP contribution in [0.1, 0.15) is 0 Å². The average Bonchev–Trinajstić information content (AvgIpc) is 2.18. The molecule has 84 valence electrons. The summed E-state index contributed by atoms with van der Waals surface area (Å²) in [5.41, 5.74) is 0. The molecule has 6 heteroatoms. The van der Waals surface area contributed by atoms with Gasteiger partial charge in [0.1, 0.15) is 0 Å². The van der Waals surface area contributed by atoms with Crippen molar-refractivity contribution in [3.63, 3.8) is 0 Å². The quantitative estimate of drug-likeness (QED) is 0.794. The first-order valence-electron chi connectivity index (χ1n) is 4.24. The van der Waals surface area contributed by atoms with Gasteiger partial charge in [-0.3, -0.25) is 0 Å². The lowest BCUT2D eigenvalue weighted by atomic mass is 10.4. The first-order chi connectivity index (χ1) is 6.94. The van der Waals surface area contributed by atoms with E-state index in [-0.39, 0.29) is 4.90 Å². The molecule has 0 N–H and O–H groups in total. The van der Waals surface area contributed by atoms with Gasteiger partial charge in [0.15, 0.2) is 0 Å². The van der Waals surface area contributed by atoms with Crippen molar-refractivity contribution in [1.82, 2.24) is 4.31 Å². The van der Waals surface area contributed by atoms with Crippen LogP contribution in [0.2, 0.25) is 0 Å². The first kappa shape index (κ1) is 12.1. The number of hydrogen-bond donors (Lipinski definition) is 0. The van der Waals surface area contributed by atoms with Gasteiger partial charge in [0.2, 0.25) is 10.0 Å². The Morgan fingerprint density at radius 2 is 1.80 bits per heavy atom. The second-order valence-electron chi connectivity index (χ2n) is 2.99. The molecule has 0 unspecified atom stereocenters. The Labute approximate surface area is 87.4 Å². The third kappa shape index (κ3) is 2.97. The summed E-state index contributed by atoms with van der Waals surface area (Å²) in [6.07, 6.45) is -2.67. The minimum Gasteiger partial charge on any atom is -0.209 e. The lowest BCUT2D eigenvalue weighted by molar-refractivity contribution is 0.126. The predicted octanol–water partition coefficient (Wildman–Crippen LogP) is 1.57. The van der Waals surface area contributed by atoms with Crippen molar-refractivity contribution in [2.75, 3.05) is 13.6 Å². The molecule has 0 atom stereocenters. The van der Waals surface area contributed by atoms with Crippen LogP contribution in [-0.4, -0.2) is 32.7 Å². The van der Waals surface area contributed by atoms with Crippen LogP contribution in [0.25, 0.3) is 0 Å². The van der Waals surface area contributed by atoms with Gasteiger partial charge in [-0.15, -0.1) is 0 Å². The Balaban J connectivity index is 2.94. The molecule has 15 heavy (non-hydrogen) atoms. The molecule has 0 saturated carbocycles. The molecule has 1 aromatic rings. The Morgan fingerprint density at radius 1 is 1.27 bits per heavy atom. The van der Waals surface area contributed by atoms with Gasteiger partial charge in [-0.2, -0.15) is 4.31 Å². The summed E-state index contributed by atoms with van der Waals surface area (Å²) < 4.78 is 48.0. The molecule has 1 aromatic carbocycles. The smallest absolute Gasteiger partial charge is 0.209 e. The number of alkyl halides is 2. The molecule has 0 aliphatic heterocycles.